The average Bonchev–Trinajstić information content (AvgIpc) is 2.75. The highest BCUT2D eigenvalue weighted by molar-refractivity contribution is 5.82. The zero-order valence-electron chi connectivity index (χ0n) is 17.7. The molecule has 1 aromatic heterocycles. The first kappa shape index (κ1) is 20.6. The van der Waals surface area contributed by atoms with E-state index < -0.39 is 0 Å². The molecule has 1 aliphatic rings. The lowest BCUT2D eigenvalue weighted by atomic mass is 9.90. The lowest BCUT2D eigenvalue weighted by Gasteiger charge is -2.34. The maximum absolute atomic E-state index is 12.4. The molecule has 0 saturated heterocycles. The van der Waals surface area contributed by atoms with Gasteiger partial charge in [0.15, 0.2) is 5.82 Å². The van der Waals surface area contributed by atoms with Crippen molar-refractivity contribution in [2.45, 2.75) is 32.7 Å². The summed E-state index contributed by atoms with van der Waals surface area (Å²) in [5.41, 5.74) is 9.95. The Kier molecular flexibility index (Phi) is 5.97. The van der Waals surface area contributed by atoms with Gasteiger partial charge in [0.1, 0.15) is 0 Å². The maximum Gasteiger partial charge on any atom is 0.313 e. The van der Waals surface area contributed by atoms with E-state index in [1.54, 1.807) is 0 Å². The van der Waals surface area contributed by atoms with E-state index in [4.69, 9.17) is 10.5 Å². The molecule has 0 aliphatic carbocycles. The molecule has 0 saturated carbocycles. The van der Waals surface area contributed by atoms with Crippen LogP contribution in [0.4, 0.5) is 23.3 Å². The quantitative estimate of drug-likeness (QED) is 0.585. The predicted octanol–water partition coefficient (Wildman–Crippen LogP) is 3.56. The van der Waals surface area contributed by atoms with Crippen LogP contribution in [0, 0.1) is 6.92 Å². The number of esters is 1. The van der Waals surface area contributed by atoms with Crippen molar-refractivity contribution in [3.63, 3.8) is 0 Å². The fourth-order valence-electron chi connectivity index (χ4n) is 3.78. The number of fused-ring (bicyclic) bond motifs is 1. The minimum Gasteiger partial charge on any atom is -0.466 e. The number of benzene rings is 2. The third-order valence-corrected chi connectivity index (χ3v) is 5.25. The summed E-state index contributed by atoms with van der Waals surface area (Å²) in [4.78, 5) is 27.7. The van der Waals surface area contributed by atoms with Gasteiger partial charge in [-0.25, -0.2) is 0 Å². The molecular formula is C23H26N6O2. The third kappa shape index (κ3) is 4.74. The number of nitrogens with zero attached hydrogens (tertiary/aromatic N) is 4. The van der Waals surface area contributed by atoms with Gasteiger partial charge in [0, 0.05) is 17.9 Å². The van der Waals surface area contributed by atoms with Gasteiger partial charge in [0.2, 0.25) is 11.9 Å². The van der Waals surface area contributed by atoms with Gasteiger partial charge in [-0.05, 0) is 44.0 Å². The molecule has 0 amide bonds. The topological polar surface area (TPSA) is 106 Å². The van der Waals surface area contributed by atoms with Crippen molar-refractivity contribution in [2.24, 2.45) is 0 Å². The van der Waals surface area contributed by atoms with Crippen molar-refractivity contribution in [3.8, 4) is 0 Å². The number of ether oxygens (including phenoxy) is 1. The highest BCUT2D eigenvalue weighted by atomic mass is 16.5. The second-order valence-electron chi connectivity index (χ2n) is 7.50. The Morgan fingerprint density at radius 1 is 1.16 bits per heavy atom. The molecule has 4 rings (SSSR count). The van der Waals surface area contributed by atoms with Crippen molar-refractivity contribution in [2.75, 3.05) is 29.1 Å². The van der Waals surface area contributed by atoms with Crippen molar-refractivity contribution in [1.29, 1.82) is 0 Å². The van der Waals surface area contributed by atoms with E-state index in [0.29, 0.717) is 37.9 Å². The number of rotatable bonds is 6. The van der Waals surface area contributed by atoms with Crippen molar-refractivity contribution >= 4 is 29.2 Å². The molecule has 0 fully saturated rings. The van der Waals surface area contributed by atoms with Crippen LogP contribution in [0.3, 0.4) is 0 Å². The molecule has 8 nitrogen and oxygen atoms in total. The van der Waals surface area contributed by atoms with E-state index in [2.05, 4.69) is 25.2 Å². The lowest BCUT2D eigenvalue weighted by molar-refractivity contribution is -0.145. The van der Waals surface area contributed by atoms with Crippen molar-refractivity contribution < 1.29 is 9.53 Å². The highest BCUT2D eigenvalue weighted by Crippen LogP contribution is 2.36. The van der Waals surface area contributed by atoms with Gasteiger partial charge in [-0.15, -0.1) is 0 Å². The number of nitrogens with two attached hydrogens (primary N) is 1. The Hall–Kier alpha value is -3.68. The van der Waals surface area contributed by atoms with Gasteiger partial charge >= 0.3 is 5.97 Å². The molecule has 8 heteroatoms. The molecular weight excluding hydrogens is 392 g/mol. The maximum atomic E-state index is 12.4. The van der Waals surface area contributed by atoms with E-state index in [-0.39, 0.29) is 17.8 Å². The summed E-state index contributed by atoms with van der Waals surface area (Å²) >= 11 is 0. The zero-order chi connectivity index (χ0) is 21.8. The van der Waals surface area contributed by atoms with Gasteiger partial charge in [-0.2, -0.15) is 15.0 Å². The van der Waals surface area contributed by atoms with E-state index in [0.717, 1.165) is 16.9 Å². The van der Waals surface area contributed by atoms with Crippen LogP contribution in [0.1, 0.15) is 36.2 Å². The molecule has 1 aliphatic heterocycles. The van der Waals surface area contributed by atoms with Crippen LogP contribution in [0.15, 0.2) is 48.5 Å². The minimum atomic E-state index is -0.255. The summed E-state index contributed by atoms with van der Waals surface area (Å²) in [7, 11) is 0. The van der Waals surface area contributed by atoms with Crippen LogP contribution in [0.2, 0.25) is 0 Å². The molecule has 1 atom stereocenters. The molecule has 0 unspecified atom stereocenters. The van der Waals surface area contributed by atoms with Gasteiger partial charge in [0.25, 0.3) is 0 Å². The Bertz CT molecular complexity index is 1070. The third-order valence-electron chi connectivity index (χ3n) is 5.25. The summed E-state index contributed by atoms with van der Waals surface area (Å²) in [5, 5.41) is 3.18. The fraction of sp³-hybridized carbons (Fsp3) is 0.304. The number of nitrogen functional groups attached to an aromatic ring is 1. The minimum absolute atomic E-state index is 0.161. The van der Waals surface area contributed by atoms with E-state index in [1.165, 1.54) is 5.56 Å². The molecule has 0 spiro atoms. The summed E-state index contributed by atoms with van der Waals surface area (Å²) in [5.74, 6) is 0.694. The lowest BCUT2D eigenvalue weighted by Crippen LogP contribution is -2.34. The SMILES string of the molecule is CCOC(=O)[C@@H]1CCN(Cc2nc(N)nc(Nc3ccc(C)cc3)n2)c2ccccc21. The van der Waals surface area contributed by atoms with Gasteiger partial charge in [-0.1, -0.05) is 35.9 Å². The first-order valence-electron chi connectivity index (χ1n) is 10.4. The van der Waals surface area contributed by atoms with Crippen LogP contribution < -0.4 is 16.0 Å². The highest BCUT2D eigenvalue weighted by Gasteiger charge is 2.31. The number of aromatic nitrogens is 3. The normalized spacial score (nSPS) is 15.3. The molecule has 3 N–H and O–H groups in total. The second-order valence-corrected chi connectivity index (χ2v) is 7.50. The molecule has 2 heterocycles. The van der Waals surface area contributed by atoms with E-state index in [1.807, 2.05) is 62.4 Å². The van der Waals surface area contributed by atoms with Gasteiger partial charge in [0.05, 0.1) is 19.1 Å². The Labute approximate surface area is 181 Å². The predicted molar refractivity (Wildman–Crippen MR) is 120 cm³/mol. The Morgan fingerprint density at radius 2 is 1.94 bits per heavy atom. The van der Waals surface area contributed by atoms with E-state index >= 15 is 0 Å². The summed E-state index contributed by atoms with van der Waals surface area (Å²) in [6, 6.07) is 15.9. The number of nitrogens with one attached hydrogen (secondary N) is 1. The number of hydrogen-bond acceptors (Lipinski definition) is 8. The fourth-order valence-corrected chi connectivity index (χ4v) is 3.78. The standard InChI is InChI=1S/C23H26N6O2/c1-3-31-21(30)18-12-13-29(19-7-5-4-6-17(18)19)14-20-26-22(24)28-23(27-20)25-16-10-8-15(2)9-11-16/h4-11,18H,3,12-14H2,1-2H3,(H3,24,25,26,27,28)/t18-/m1/s1. The first-order valence-corrected chi connectivity index (χ1v) is 10.4. The van der Waals surface area contributed by atoms with Crippen LogP contribution in [-0.2, 0) is 16.1 Å². The van der Waals surface area contributed by atoms with Crippen LogP contribution in [0.5, 0.6) is 0 Å². The summed E-state index contributed by atoms with van der Waals surface area (Å²) in [6.45, 7) is 5.38. The Balaban J connectivity index is 1.56. The van der Waals surface area contributed by atoms with Crippen LogP contribution >= 0.6 is 0 Å². The average molecular weight is 419 g/mol. The zero-order valence-corrected chi connectivity index (χ0v) is 17.7. The monoisotopic (exact) mass is 418 g/mol. The Morgan fingerprint density at radius 3 is 2.71 bits per heavy atom. The number of hydrogen-bond donors (Lipinski definition) is 2. The van der Waals surface area contributed by atoms with Gasteiger partial charge in [-0.3, -0.25) is 4.79 Å². The number of para-hydroxylation sites is 1. The number of carbonyl (C=O) groups is 1. The number of aryl methyl sites for hydroxylation is 1. The first-order chi connectivity index (χ1) is 15.0. The second kappa shape index (κ2) is 8.99. The summed E-state index contributed by atoms with van der Waals surface area (Å²) < 4.78 is 5.27. The number of anilines is 4. The van der Waals surface area contributed by atoms with Gasteiger partial charge < -0.3 is 20.7 Å². The molecule has 0 radical (unpaired) electrons. The van der Waals surface area contributed by atoms with Crippen molar-refractivity contribution in [3.05, 3.63) is 65.5 Å². The molecule has 2 aromatic carbocycles. The van der Waals surface area contributed by atoms with E-state index in [9.17, 15) is 4.79 Å². The summed E-state index contributed by atoms with van der Waals surface area (Å²) in [6.07, 6.45) is 0.672. The molecule has 31 heavy (non-hydrogen) atoms. The molecule has 160 valence electrons. The smallest absolute Gasteiger partial charge is 0.313 e. The van der Waals surface area contributed by atoms with Crippen LogP contribution in [-0.4, -0.2) is 34.1 Å². The molecule has 0 bridgehead atoms. The largest absolute Gasteiger partial charge is 0.466 e. The van der Waals surface area contributed by atoms with Crippen LogP contribution in [0.25, 0.3) is 0 Å². The molecule has 3 aromatic rings. The number of carbonyl (C=O) groups excluding carboxylic acids is 1. The van der Waals surface area contributed by atoms with Crippen molar-refractivity contribution in [1.82, 2.24) is 15.0 Å².